The van der Waals surface area contributed by atoms with Gasteiger partial charge < -0.3 is 0 Å². The molecule has 0 aromatic heterocycles. The van der Waals surface area contributed by atoms with Crippen molar-refractivity contribution in [1.29, 1.82) is 0 Å². The van der Waals surface area contributed by atoms with Gasteiger partial charge in [0.1, 0.15) is 5.82 Å². The van der Waals surface area contributed by atoms with Crippen molar-refractivity contribution in [3.8, 4) is 0 Å². The fourth-order valence-electron chi connectivity index (χ4n) is 4.11. The van der Waals surface area contributed by atoms with Crippen molar-refractivity contribution in [3.05, 3.63) is 33.5 Å². The van der Waals surface area contributed by atoms with Crippen LogP contribution in [0, 0.1) is 11.7 Å². The Morgan fingerprint density at radius 1 is 1.27 bits per heavy atom. The van der Waals surface area contributed by atoms with Crippen LogP contribution in [0.4, 0.5) is 4.39 Å². The second kappa shape index (κ2) is 5.72. The fourth-order valence-corrected chi connectivity index (χ4v) is 4.48. The molecule has 0 N–H and O–H groups in total. The van der Waals surface area contributed by atoms with Crippen molar-refractivity contribution >= 4 is 21.7 Å². The Labute approximate surface area is 140 Å². The number of carbonyl (C=O) groups is 1. The molecule has 2 aliphatic rings. The van der Waals surface area contributed by atoms with Crippen LogP contribution in [0.3, 0.4) is 0 Å². The maximum absolute atomic E-state index is 14.2. The molecule has 1 aliphatic heterocycles. The van der Waals surface area contributed by atoms with Gasteiger partial charge in [0.25, 0.3) is 0 Å². The minimum atomic E-state index is -0.261. The summed E-state index contributed by atoms with van der Waals surface area (Å²) in [5.41, 5.74) is 1.26. The van der Waals surface area contributed by atoms with Crippen molar-refractivity contribution in [2.75, 3.05) is 6.54 Å². The van der Waals surface area contributed by atoms with E-state index in [0.29, 0.717) is 28.1 Å². The Bertz CT molecular complexity index is 608. The summed E-state index contributed by atoms with van der Waals surface area (Å²) in [4.78, 5) is 15.4. The summed E-state index contributed by atoms with van der Waals surface area (Å²) in [6.45, 7) is 7.69. The summed E-state index contributed by atoms with van der Waals surface area (Å²) in [5.74, 6) is -0.119. The lowest BCUT2D eigenvalue weighted by atomic mass is 9.77. The molecule has 1 fully saturated rings. The minimum Gasteiger partial charge on any atom is -0.295 e. The molecular weight excluding hydrogens is 345 g/mol. The summed E-state index contributed by atoms with van der Waals surface area (Å²) in [6, 6.07) is 3.74. The number of nitrogens with zero attached hydrogens (tertiary/aromatic N) is 1. The van der Waals surface area contributed by atoms with Crippen LogP contribution in [0.25, 0.3) is 0 Å². The number of hydrogen-bond acceptors (Lipinski definition) is 2. The number of likely N-dealkylation sites (tertiary alicyclic amines) is 1. The average Bonchev–Trinajstić information content (AvgIpc) is 2.93. The lowest BCUT2D eigenvalue weighted by Gasteiger charge is -2.41. The number of carbonyl (C=O) groups excluding carboxylic acids is 1. The monoisotopic (exact) mass is 367 g/mol. The van der Waals surface area contributed by atoms with E-state index in [1.54, 1.807) is 12.1 Å². The number of Topliss-reactive ketones (excluding diaryl/α,β-unsaturated/α-hetero) is 1. The Kier molecular flexibility index (Phi) is 4.19. The van der Waals surface area contributed by atoms with E-state index in [1.807, 2.05) is 0 Å². The van der Waals surface area contributed by atoms with Crippen molar-refractivity contribution in [3.63, 3.8) is 0 Å². The highest BCUT2D eigenvalue weighted by Crippen LogP contribution is 2.38. The second-order valence-corrected chi connectivity index (χ2v) is 8.33. The number of halogens is 2. The Morgan fingerprint density at radius 2 is 2.00 bits per heavy atom. The zero-order valence-corrected chi connectivity index (χ0v) is 15.0. The molecule has 0 radical (unpaired) electrons. The third-order valence-corrected chi connectivity index (χ3v) is 5.74. The molecule has 0 spiro atoms. The molecule has 3 rings (SSSR count). The molecule has 1 aliphatic carbocycles. The van der Waals surface area contributed by atoms with Gasteiger partial charge in [0.05, 0.1) is 4.47 Å². The van der Waals surface area contributed by atoms with Crippen molar-refractivity contribution in [2.24, 2.45) is 5.92 Å². The van der Waals surface area contributed by atoms with Crippen LogP contribution >= 0.6 is 15.9 Å². The van der Waals surface area contributed by atoms with Gasteiger partial charge in [-0.15, -0.1) is 0 Å². The summed E-state index contributed by atoms with van der Waals surface area (Å²) in [7, 11) is 0. The van der Waals surface area contributed by atoms with Gasteiger partial charge in [0.15, 0.2) is 5.78 Å². The van der Waals surface area contributed by atoms with E-state index in [4.69, 9.17) is 0 Å². The third kappa shape index (κ3) is 2.65. The van der Waals surface area contributed by atoms with E-state index >= 15 is 0 Å². The average molecular weight is 368 g/mol. The Hall–Kier alpha value is -0.740. The van der Waals surface area contributed by atoms with Crippen molar-refractivity contribution in [2.45, 2.75) is 58.0 Å². The van der Waals surface area contributed by atoms with E-state index in [0.717, 1.165) is 25.8 Å². The van der Waals surface area contributed by atoms with E-state index in [-0.39, 0.29) is 23.1 Å². The van der Waals surface area contributed by atoms with Gasteiger partial charge in [0, 0.05) is 23.1 Å². The van der Waals surface area contributed by atoms with E-state index in [9.17, 15) is 9.18 Å². The van der Waals surface area contributed by atoms with Crippen LogP contribution < -0.4 is 0 Å². The molecule has 1 heterocycles. The molecule has 0 bridgehead atoms. The van der Waals surface area contributed by atoms with E-state index < -0.39 is 0 Å². The van der Waals surface area contributed by atoms with Gasteiger partial charge in [-0.05, 0) is 86.6 Å². The first kappa shape index (κ1) is 16.1. The van der Waals surface area contributed by atoms with Gasteiger partial charge in [0.2, 0.25) is 0 Å². The van der Waals surface area contributed by atoms with Crippen LogP contribution in [0.15, 0.2) is 16.6 Å². The van der Waals surface area contributed by atoms with E-state index in [1.165, 1.54) is 0 Å². The first-order chi connectivity index (χ1) is 10.3. The lowest BCUT2D eigenvalue weighted by Crippen LogP contribution is -2.50. The largest absolute Gasteiger partial charge is 0.295 e. The first-order valence-electron chi connectivity index (χ1n) is 8.08. The molecule has 0 amide bonds. The second-order valence-electron chi connectivity index (χ2n) is 7.47. The number of fused-ring (bicyclic) bond motifs is 1. The van der Waals surface area contributed by atoms with Gasteiger partial charge >= 0.3 is 0 Å². The molecule has 1 unspecified atom stereocenters. The first-order valence-corrected chi connectivity index (χ1v) is 8.88. The minimum absolute atomic E-state index is 0.00907. The number of ketones is 1. The quantitative estimate of drug-likeness (QED) is 0.722. The predicted octanol–water partition coefficient (Wildman–Crippen LogP) is 4.60. The molecule has 2 nitrogen and oxygen atoms in total. The summed E-state index contributed by atoms with van der Waals surface area (Å²) in [6.07, 6.45) is 3.64. The zero-order valence-electron chi connectivity index (χ0n) is 13.5. The number of hydrogen-bond donors (Lipinski definition) is 0. The van der Waals surface area contributed by atoms with Crippen LogP contribution in [-0.2, 0) is 6.42 Å². The van der Waals surface area contributed by atoms with Gasteiger partial charge in [-0.3, -0.25) is 9.69 Å². The molecule has 1 saturated heterocycles. The molecule has 2 atom stereocenters. The molecule has 1 aromatic carbocycles. The molecule has 4 heteroatoms. The Morgan fingerprint density at radius 3 is 2.68 bits per heavy atom. The van der Waals surface area contributed by atoms with Crippen molar-refractivity contribution in [1.82, 2.24) is 4.90 Å². The van der Waals surface area contributed by atoms with Gasteiger partial charge in [-0.2, -0.15) is 0 Å². The highest BCUT2D eigenvalue weighted by Gasteiger charge is 2.42. The third-order valence-electron chi connectivity index (χ3n) is 5.13. The van der Waals surface area contributed by atoms with Gasteiger partial charge in [-0.25, -0.2) is 4.39 Å². The summed E-state index contributed by atoms with van der Waals surface area (Å²) in [5, 5.41) is 0. The van der Waals surface area contributed by atoms with Crippen LogP contribution in [0.2, 0.25) is 0 Å². The SMILES string of the molecule is CC(C)(C)N1CCC[C@H]1C1CCc2c(ccc(Br)c2F)C1=O. The maximum atomic E-state index is 14.2. The maximum Gasteiger partial charge on any atom is 0.167 e. The van der Waals surface area contributed by atoms with Crippen molar-refractivity contribution < 1.29 is 9.18 Å². The highest BCUT2D eigenvalue weighted by molar-refractivity contribution is 9.10. The molecule has 1 aromatic rings. The summed E-state index contributed by atoms with van der Waals surface area (Å²) >= 11 is 3.22. The number of benzene rings is 1. The molecule has 0 saturated carbocycles. The van der Waals surface area contributed by atoms with Gasteiger partial charge in [-0.1, -0.05) is 0 Å². The normalized spacial score (nSPS) is 26.3. The highest BCUT2D eigenvalue weighted by atomic mass is 79.9. The summed E-state index contributed by atoms with van der Waals surface area (Å²) < 4.78 is 14.7. The standard InChI is InChI=1S/C18H23BrFNO/c1-18(2,3)21-10-4-5-15(21)13-7-6-11-12(17(13)22)8-9-14(19)16(11)20/h8-9,13,15H,4-7,10H2,1-3H3/t13?,15-/m0/s1. The predicted molar refractivity (Wildman–Crippen MR) is 89.7 cm³/mol. The molecular formula is C18H23BrFNO. The topological polar surface area (TPSA) is 20.3 Å². The van der Waals surface area contributed by atoms with E-state index in [2.05, 4.69) is 41.6 Å². The van der Waals surface area contributed by atoms with Crippen LogP contribution in [-0.4, -0.2) is 28.8 Å². The number of rotatable bonds is 1. The van der Waals surface area contributed by atoms with Crippen LogP contribution in [0.1, 0.15) is 56.0 Å². The lowest BCUT2D eigenvalue weighted by molar-refractivity contribution is 0.0614. The fraction of sp³-hybridized carbons (Fsp3) is 0.611. The zero-order chi connectivity index (χ0) is 16.1. The molecule has 120 valence electrons. The Balaban J connectivity index is 1.92. The molecule has 22 heavy (non-hydrogen) atoms. The smallest absolute Gasteiger partial charge is 0.167 e. The van der Waals surface area contributed by atoms with Crippen LogP contribution in [0.5, 0.6) is 0 Å².